The number of amides is 1. The van der Waals surface area contributed by atoms with Gasteiger partial charge in [0.2, 0.25) is 6.41 Å². The van der Waals surface area contributed by atoms with Crippen molar-refractivity contribution in [2.24, 2.45) is 0 Å². The van der Waals surface area contributed by atoms with Crippen LogP contribution >= 0.6 is 0 Å². The van der Waals surface area contributed by atoms with Crippen LogP contribution in [0.2, 0.25) is 0 Å². The van der Waals surface area contributed by atoms with Gasteiger partial charge in [0.05, 0.1) is 19.5 Å². The van der Waals surface area contributed by atoms with Crippen molar-refractivity contribution >= 4 is 17.4 Å². The summed E-state index contributed by atoms with van der Waals surface area (Å²) in [5.74, 6) is 1.59. The molecule has 1 aliphatic heterocycles. The monoisotopic (exact) mass is 388 g/mol. The largest absolute Gasteiger partial charge is 0.497 e. The lowest BCUT2D eigenvalue weighted by Crippen LogP contribution is -2.54. The second-order valence-corrected chi connectivity index (χ2v) is 8.19. The van der Waals surface area contributed by atoms with Crippen LogP contribution in [0, 0.1) is 0 Å². The Kier molecular flexibility index (Phi) is 6.47. The topological polar surface area (TPSA) is 59.1 Å². The van der Waals surface area contributed by atoms with Crippen molar-refractivity contribution in [3.05, 3.63) is 59.7 Å². The average Bonchev–Trinajstić information content (AvgIpc) is 2.67. The van der Waals surface area contributed by atoms with Crippen LogP contribution in [0.5, 0.6) is 11.5 Å². The molecule has 7 heteroatoms. The zero-order chi connectivity index (χ0) is 19.2. The molecule has 1 aliphatic rings. The molecule has 0 spiro atoms. The van der Waals surface area contributed by atoms with Gasteiger partial charge in [-0.15, -0.1) is 0 Å². The maximum Gasteiger partial charge on any atom is 0.209 e. The smallest absolute Gasteiger partial charge is 0.209 e. The molecule has 0 saturated carbocycles. The first-order valence-electron chi connectivity index (χ1n) is 8.73. The number of rotatable bonds is 9. The van der Waals surface area contributed by atoms with Crippen LogP contribution in [0.15, 0.2) is 48.5 Å². The quantitative estimate of drug-likeness (QED) is 0.618. The second kappa shape index (κ2) is 9.01. The number of carbonyl (C=O) groups is 1. The van der Waals surface area contributed by atoms with Gasteiger partial charge in [-0.1, -0.05) is 24.3 Å². The Morgan fingerprint density at radius 1 is 0.963 bits per heavy atom. The Bertz CT molecular complexity index is 724. The fraction of sp³-hybridized carbons (Fsp3) is 0.350. The summed E-state index contributed by atoms with van der Waals surface area (Å²) in [5.41, 5.74) is 2.12. The summed E-state index contributed by atoms with van der Waals surface area (Å²) in [6.45, 7) is 2.19. The molecule has 0 N–H and O–H groups in total. The number of benzene rings is 2. The minimum atomic E-state index is -1.18. The summed E-state index contributed by atoms with van der Waals surface area (Å²) in [6, 6.07) is 15.5. The fourth-order valence-electron chi connectivity index (χ4n) is 2.95. The molecule has 6 nitrogen and oxygen atoms in total. The minimum absolute atomic E-state index is 0.0216. The molecule has 3 rings (SSSR count). The van der Waals surface area contributed by atoms with E-state index in [0.717, 1.165) is 29.0 Å². The number of nitrogens with zero attached hydrogens (tertiary/aromatic N) is 2. The van der Waals surface area contributed by atoms with Gasteiger partial charge in [-0.3, -0.25) is 4.79 Å². The van der Waals surface area contributed by atoms with Gasteiger partial charge in [-0.05, 0) is 35.4 Å². The van der Waals surface area contributed by atoms with Gasteiger partial charge >= 0.3 is 0 Å². The van der Waals surface area contributed by atoms with Gasteiger partial charge in [0.1, 0.15) is 22.5 Å². The van der Waals surface area contributed by atoms with E-state index in [1.165, 1.54) is 0 Å². The molecule has 27 heavy (non-hydrogen) atoms. The molecule has 2 aromatic carbocycles. The Balaban J connectivity index is 1.74. The number of methoxy groups -OCH3 is 2. The SMILES string of the molecule is COc1ccc(CN(Cc2ccc(OC)cc2)S(=O)C2CN(C=O)C2)cc1. The molecule has 0 bridgehead atoms. The summed E-state index contributed by atoms with van der Waals surface area (Å²) in [5, 5.41) is -0.0216. The predicted octanol–water partition coefficient (Wildman–Crippen LogP) is 2.21. The van der Waals surface area contributed by atoms with E-state index in [1.807, 2.05) is 52.8 Å². The van der Waals surface area contributed by atoms with Crippen molar-refractivity contribution < 1.29 is 18.5 Å². The fourth-order valence-corrected chi connectivity index (χ4v) is 4.56. The van der Waals surface area contributed by atoms with Gasteiger partial charge in [-0.25, -0.2) is 8.51 Å². The molecule has 0 aliphatic carbocycles. The van der Waals surface area contributed by atoms with Crippen molar-refractivity contribution in [1.29, 1.82) is 0 Å². The van der Waals surface area contributed by atoms with Crippen molar-refractivity contribution in [3.8, 4) is 11.5 Å². The van der Waals surface area contributed by atoms with E-state index in [2.05, 4.69) is 0 Å². The van der Waals surface area contributed by atoms with E-state index in [-0.39, 0.29) is 5.25 Å². The Morgan fingerprint density at radius 3 is 1.78 bits per heavy atom. The van der Waals surface area contributed by atoms with Gasteiger partial charge < -0.3 is 14.4 Å². The third-order valence-electron chi connectivity index (χ3n) is 4.60. The van der Waals surface area contributed by atoms with E-state index in [9.17, 15) is 9.00 Å². The normalized spacial score (nSPS) is 15.3. The molecule has 0 radical (unpaired) electrons. The van der Waals surface area contributed by atoms with Crippen LogP contribution in [0.3, 0.4) is 0 Å². The van der Waals surface area contributed by atoms with Crippen molar-refractivity contribution in [3.63, 3.8) is 0 Å². The van der Waals surface area contributed by atoms with E-state index in [1.54, 1.807) is 19.1 Å². The summed E-state index contributed by atoms with van der Waals surface area (Å²) >= 11 is 0. The van der Waals surface area contributed by atoms with E-state index >= 15 is 0 Å². The predicted molar refractivity (Wildman–Crippen MR) is 105 cm³/mol. The van der Waals surface area contributed by atoms with E-state index in [4.69, 9.17) is 9.47 Å². The summed E-state index contributed by atoms with van der Waals surface area (Å²) in [7, 11) is 2.09. The van der Waals surface area contributed by atoms with Crippen molar-refractivity contribution in [2.45, 2.75) is 18.3 Å². The number of carbonyl (C=O) groups excluding carboxylic acids is 1. The maximum atomic E-state index is 13.1. The number of likely N-dealkylation sites (tertiary alicyclic amines) is 1. The summed E-state index contributed by atoms with van der Waals surface area (Å²) < 4.78 is 25.4. The molecule has 1 amide bonds. The van der Waals surface area contributed by atoms with Crippen LogP contribution in [-0.2, 0) is 28.9 Å². The first kappa shape index (κ1) is 19.4. The highest BCUT2D eigenvalue weighted by Gasteiger charge is 2.34. The zero-order valence-corrected chi connectivity index (χ0v) is 16.4. The Morgan fingerprint density at radius 2 is 1.41 bits per heavy atom. The van der Waals surface area contributed by atoms with Crippen molar-refractivity contribution in [2.75, 3.05) is 27.3 Å². The zero-order valence-electron chi connectivity index (χ0n) is 15.5. The average molecular weight is 388 g/mol. The lowest BCUT2D eigenvalue weighted by Gasteiger charge is -2.38. The van der Waals surface area contributed by atoms with Crippen LogP contribution in [0.25, 0.3) is 0 Å². The maximum absolute atomic E-state index is 13.1. The molecular weight excluding hydrogens is 364 g/mol. The molecule has 144 valence electrons. The van der Waals surface area contributed by atoms with Crippen LogP contribution in [0.4, 0.5) is 0 Å². The lowest BCUT2D eigenvalue weighted by molar-refractivity contribution is -0.120. The van der Waals surface area contributed by atoms with E-state index in [0.29, 0.717) is 26.2 Å². The Hall–Kier alpha value is -2.38. The molecule has 0 aromatic heterocycles. The first-order valence-corrected chi connectivity index (χ1v) is 9.90. The molecular formula is C20H24N2O4S. The van der Waals surface area contributed by atoms with Crippen molar-refractivity contribution in [1.82, 2.24) is 9.21 Å². The Labute approximate surface area is 162 Å². The van der Waals surface area contributed by atoms with Gasteiger partial charge in [0.25, 0.3) is 0 Å². The minimum Gasteiger partial charge on any atom is -0.497 e. The highest BCUT2D eigenvalue weighted by Crippen LogP contribution is 2.22. The molecule has 1 heterocycles. The second-order valence-electron chi connectivity index (χ2n) is 6.45. The standard InChI is InChI=1S/C20H24N2O4S/c1-25-18-7-3-16(4-8-18)11-22(27(24)20-13-21(14-20)15-23)12-17-5-9-19(26-2)10-6-17/h3-10,15,20H,11-14H2,1-2H3. The molecule has 2 aromatic rings. The number of hydrogen-bond acceptors (Lipinski definition) is 4. The van der Waals surface area contributed by atoms with Gasteiger partial charge in [0.15, 0.2) is 0 Å². The molecule has 1 saturated heterocycles. The summed E-state index contributed by atoms with van der Waals surface area (Å²) in [4.78, 5) is 12.5. The number of ether oxygens (including phenoxy) is 2. The van der Waals surface area contributed by atoms with Gasteiger partial charge in [0, 0.05) is 26.2 Å². The highest BCUT2D eigenvalue weighted by molar-refractivity contribution is 7.83. The molecule has 1 unspecified atom stereocenters. The molecule has 1 atom stereocenters. The lowest BCUT2D eigenvalue weighted by atomic mass is 10.2. The highest BCUT2D eigenvalue weighted by atomic mass is 32.2. The summed E-state index contributed by atoms with van der Waals surface area (Å²) in [6.07, 6.45) is 0.811. The third kappa shape index (κ3) is 4.87. The van der Waals surface area contributed by atoms with Crippen LogP contribution in [-0.4, -0.2) is 52.4 Å². The first-order chi connectivity index (χ1) is 13.1. The van der Waals surface area contributed by atoms with E-state index < -0.39 is 11.0 Å². The van der Waals surface area contributed by atoms with Gasteiger partial charge in [-0.2, -0.15) is 0 Å². The number of hydrogen-bond donors (Lipinski definition) is 0. The van der Waals surface area contributed by atoms with Crippen LogP contribution < -0.4 is 9.47 Å². The van der Waals surface area contributed by atoms with Crippen LogP contribution in [0.1, 0.15) is 11.1 Å². The molecule has 1 fully saturated rings. The third-order valence-corrected chi connectivity index (χ3v) is 6.24.